The van der Waals surface area contributed by atoms with Crippen molar-refractivity contribution in [2.45, 2.75) is 0 Å². The number of imidazole rings is 1. The first-order valence-corrected chi connectivity index (χ1v) is 8.18. The van der Waals surface area contributed by atoms with Crippen LogP contribution in [0.5, 0.6) is 0 Å². The van der Waals surface area contributed by atoms with Crippen molar-refractivity contribution >= 4 is 45.0 Å². The molecule has 6 nitrogen and oxygen atoms in total. The second-order valence-corrected chi connectivity index (χ2v) is 6.00. The third-order valence-electron chi connectivity index (χ3n) is 4.60. The molecule has 2 aromatic carbocycles. The number of aromatic nitrogens is 3. The average molecular weight is 342 g/mol. The first-order valence-electron chi connectivity index (χ1n) is 8.18. The Morgan fingerprint density at radius 1 is 1.08 bits per heavy atom. The van der Waals surface area contributed by atoms with Crippen LogP contribution in [-0.4, -0.2) is 33.4 Å². The molecule has 0 spiro atoms. The van der Waals surface area contributed by atoms with Crippen molar-refractivity contribution in [3.05, 3.63) is 66.6 Å². The van der Waals surface area contributed by atoms with Gasteiger partial charge in [-0.15, -0.1) is 0 Å². The molecule has 1 amide bonds. The molecule has 0 bridgehead atoms. The van der Waals surface area contributed by atoms with Gasteiger partial charge >= 0.3 is 0 Å². The van der Waals surface area contributed by atoms with E-state index in [1.165, 1.54) is 7.11 Å². The summed E-state index contributed by atoms with van der Waals surface area (Å²) in [5.74, 6) is -0.0298. The van der Waals surface area contributed by atoms with Gasteiger partial charge in [-0.25, -0.2) is 4.98 Å². The molecule has 2 aromatic heterocycles. The Hall–Kier alpha value is -3.67. The zero-order chi connectivity index (χ0) is 17.7. The van der Waals surface area contributed by atoms with Crippen molar-refractivity contribution in [1.82, 2.24) is 14.5 Å². The summed E-state index contributed by atoms with van der Waals surface area (Å²) < 4.78 is 7.28. The van der Waals surface area contributed by atoms with E-state index in [1.54, 1.807) is 6.33 Å². The number of aromatic amines is 1. The fourth-order valence-electron chi connectivity index (χ4n) is 3.43. The standard InChI is InChI=1S/C20H14N4O2/c1-26-20-18(24-11-22-15-8-4-5-9-16(15)24)17(19(25)23-20)13-10-21-14-7-3-2-6-12(13)14/h2-11,21H,1H3. The van der Waals surface area contributed by atoms with Crippen molar-refractivity contribution < 1.29 is 9.53 Å². The highest BCUT2D eigenvalue weighted by molar-refractivity contribution is 6.45. The van der Waals surface area contributed by atoms with E-state index in [-0.39, 0.29) is 5.91 Å². The summed E-state index contributed by atoms with van der Waals surface area (Å²) in [6.07, 6.45) is 3.53. The summed E-state index contributed by atoms with van der Waals surface area (Å²) >= 11 is 0. The summed E-state index contributed by atoms with van der Waals surface area (Å²) in [5, 5.41) is 0.963. The number of methoxy groups -OCH3 is 1. The summed E-state index contributed by atoms with van der Waals surface area (Å²) in [7, 11) is 1.52. The minimum Gasteiger partial charge on any atom is -0.479 e. The molecule has 1 aliphatic heterocycles. The van der Waals surface area contributed by atoms with Gasteiger partial charge in [-0.1, -0.05) is 30.3 Å². The van der Waals surface area contributed by atoms with E-state index in [2.05, 4.69) is 15.0 Å². The van der Waals surface area contributed by atoms with Crippen LogP contribution >= 0.6 is 0 Å². The van der Waals surface area contributed by atoms with Gasteiger partial charge in [-0.3, -0.25) is 9.36 Å². The number of rotatable bonds is 2. The van der Waals surface area contributed by atoms with E-state index >= 15 is 0 Å². The van der Waals surface area contributed by atoms with Crippen LogP contribution in [0.4, 0.5) is 0 Å². The summed E-state index contributed by atoms with van der Waals surface area (Å²) in [4.78, 5) is 24.5. The number of nitrogens with zero attached hydrogens (tertiary/aromatic N) is 3. The van der Waals surface area contributed by atoms with Crippen LogP contribution < -0.4 is 0 Å². The lowest BCUT2D eigenvalue weighted by atomic mass is 10.0. The zero-order valence-electron chi connectivity index (χ0n) is 13.9. The quantitative estimate of drug-likeness (QED) is 0.606. The summed E-state index contributed by atoms with van der Waals surface area (Å²) in [6, 6.07) is 15.6. The van der Waals surface area contributed by atoms with Crippen LogP contribution in [0.3, 0.4) is 0 Å². The van der Waals surface area contributed by atoms with Crippen molar-refractivity contribution in [2.75, 3.05) is 7.11 Å². The molecular formula is C20H14N4O2. The molecule has 26 heavy (non-hydrogen) atoms. The van der Waals surface area contributed by atoms with Gasteiger partial charge in [0.15, 0.2) is 0 Å². The lowest BCUT2D eigenvalue weighted by Gasteiger charge is -2.10. The monoisotopic (exact) mass is 342 g/mol. The molecule has 1 N–H and O–H groups in total. The summed E-state index contributed by atoms with van der Waals surface area (Å²) in [6.45, 7) is 0. The van der Waals surface area contributed by atoms with Crippen molar-refractivity contribution in [3.63, 3.8) is 0 Å². The van der Waals surface area contributed by atoms with Gasteiger partial charge in [0.25, 0.3) is 5.91 Å². The molecule has 0 unspecified atom stereocenters. The molecule has 5 rings (SSSR count). The van der Waals surface area contributed by atoms with Crippen LogP contribution in [0.25, 0.3) is 33.2 Å². The smallest absolute Gasteiger partial charge is 0.283 e. The number of carbonyl (C=O) groups excluding carboxylic acids is 1. The average Bonchev–Trinajstić information content (AvgIpc) is 3.36. The molecule has 0 saturated carbocycles. The molecule has 4 aromatic rings. The number of amides is 1. The van der Waals surface area contributed by atoms with Crippen LogP contribution in [0, 0.1) is 0 Å². The first-order chi connectivity index (χ1) is 12.8. The minimum atomic E-state index is -0.320. The number of aliphatic imine (C=N–C) groups is 1. The van der Waals surface area contributed by atoms with Gasteiger partial charge in [0.05, 0.1) is 23.7 Å². The normalized spacial score (nSPS) is 14.5. The van der Waals surface area contributed by atoms with Gasteiger partial charge < -0.3 is 9.72 Å². The Kier molecular flexibility index (Phi) is 3.05. The number of carbonyl (C=O) groups is 1. The van der Waals surface area contributed by atoms with E-state index < -0.39 is 0 Å². The lowest BCUT2D eigenvalue weighted by molar-refractivity contribution is -0.112. The van der Waals surface area contributed by atoms with Crippen LogP contribution in [0.2, 0.25) is 0 Å². The van der Waals surface area contributed by atoms with Crippen LogP contribution in [-0.2, 0) is 9.53 Å². The molecule has 0 fully saturated rings. The van der Waals surface area contributed by atoms with Gasteiger partial charge in [0, 0.05) is 22.7 Å². The Balaban J connectivity index is 1.85. The molecule has 0 radical (unpaired) electrons. The minimum absolute atomic E-state index is 0.290. The molecule has 0 aliphatic carbocycles. The third kappa shape index (κ3) is 1.96. The van der Waals surface area contributed by atoms with E-state index in [0.717, 1.165) is 27.5 Å². The Labute approximate surface area is 148 Å². The maximum Gasteiger partial charge on any atom is 0.283 e. The van der Waals surface area contributed by atoms with Crippen molar-refractivity contribution in [3.8, 4) is 0 Å². The van der Waals surface area contributed by atoms with Crippen LogP contribution in [0.15, 0.2) is 66.0 Å². The van der Waals surface area contributed by atoms with Crippen molar-refractivity contribution in [1.29, 1.82) is 0 Å². The summed E-state index contributed by atoms with van der Waals surface area (Å²) in [5.41, 5.74) is 4.60. The van der Waals surface area contributed by atoms with E-state index in [9.17, 15) is 4.79 Å². The van der Waals surface area contributed by atoms with Gasteiger partial charge in [-0.05, 0) is 18.2 Å². The molecule has 1 aliphatic rings. The number of nitrogens with one attached hydrogen (secondary N) is 1. The maximum atomic E-state index is 12.8. The number of fused-ring (bicyclic) bond motifs is 2. The molecule has 6 heteroatoms. The number of hydrogen-bond donors (Lipinski definition) is 1. The number of H-pyrrole nitrogens is 1. The number of benzene rings is 2. The highest BCUT2D eigenvalue weighted by Crippen LogP contribution is 2.35. The topological polar surface area (TPSA) is 72.3 Å². The SMILES string of the molecule is COC1=NC(=O)C(c2c[nH]c3ccccc23)=C1n1cnc2ccccc21. The number of para-hydroxylation sites is 3. The fraction of sp³-hybridized carbons (Fsp3) is 0.0500. The molecule has 126 valence electrons. The van der Waals surface area contributed by atoms with Crippen molar-refractivity contribution in [2.24, 2.45) is 4.99 Å². The van der Waals surface area contributed by atoms with Crippen LogP contribution in [0.1, 0.15) is 5.56 Å². The number of hydrogen-bond acceptors (Lipinski definition) is 3. The second kappa shape index (κ2) is 5.42. The predicted molar refractivity (Wildman–Crippen MR) is 101 cm³/mol. The Bertz CT molecular complexity index is 1240. The zero-order valence-corrected chi connectivity index (χ0v) is 13.9. The highest BCUT2D eigenvalue weighted by Gasteiger charge is 2.32. The predicted octanol–water partition coefficient (Wildman–Crippen LogP) is 3.47. The molecular weight excluding hydrogens is 328 g/mol. The Morgan fingerprint density at radius 3 is 2.77 bits per heavy atom. The molecule has 0 atom stereocenters. The largest absolute Gasteiger partial charge is 0.479 e. The molecule has 0 saturated heterocycles. The number of ether oxygens (including phenoxy) is 1. The van der Waals surface area contributed by atoms with Gasteiger partial charge in [-0.2, -0.15) is 4.99 Å². The van der Waals surface area contributed by atoms with E-state index in [1.807, 2.05) is 59.3 Å². The van der Waals surface area contributed by atoms with Gasteiger partial charge in [0.2, 0.25) is 5.90 Å². The van der Waals surface area contributed by atoms with E-state index in [4.69, 9.17) is 4.74 Å². The third-order valence-corrected chi connectivity index (χ3v) is 4.60. The second-order valence-electron chi connectivity index (χ2n) is 6.00. The van der Waals surface area contributed by atoms with Gasteiger partial charge in [0.1, 0.15) is 12.0 Å². The highest BCUT2D eigenvalue weighted by atomic mass is 16.5. The maximum absolute atomic E-state index is 12.8. The fourth-order valence-corrected chi connectivity index (χ4v) is 3.43. The Morgan fingerprint density at radius 2 is 1.88 bits per heavy atom. The lowest BCUT2D eigenvalue weighted by Crippen LogP contribution is -2.09. The van der Waals surface area contributed by atoms with E-state index in [0.29, 0.717) is 17.2 Å². The first kappa shape index (κ1) is 14.7. The molecule has 3 heterocycles.